The van der Waals surface area contributed by atoms with Crippen LogP contribution in [0.5, 0.6) is 0 Å². The molecule has 0 saturated heterocycles. The molecule has 0 radical (unpaired) electrons. The van der Waals surface area contributed by atoms with Crippen molar-refractivity contribution in [2.24, 2.45) is 16.7 Å². The normalized spacial score (nSPS) is 44.4. The van der Waals surface area contributed by atoms with Gasteiger partial charge in [0.2, 0.25) is 0 Å². The van der Waals surface area contributed by atoms with Crippen LogP contribution in [0.3, 0.4) is 0 Å². The van der Waals surface area contributed by atoms with Gasteiger partial charge in [-0.1, -0.05) is 6.92 Å². The van der Waals surface area contributed by atoms with E-state index < -0.39 is 16.8 Å². The molecule has 76 valence electrons. The van der Waals surface area contributed by atoms with E-state index in [1.54, 1.807) is 6.92 Å². The molecule has 0 unspecified atom stereocenters. The van der Waals surface area contributed by atoms with Crippen LogP contribution in [0, 0.1) is 16.7 Å². The molecule has 4 heteroatoms. The molecule has 4 nitrogen and oxygen atoms in total. The third kappa shape index (κ3) is 0.656. The lowest BCUT2D eigenvalue weighted by Gasteiger charge is -2.13. The van der Waals surface area contributed by atoms with Crippen molar-refractivity contribution in [3.05, 3.63) is 0 Å². The van der Waals surface area contributed by atoms with E-state index >= 15 is 0 Å². The molecular weight excluding hydrogens is 184 g/mol. The minimum absolute atomic E-state index is 0.132. The zero-order valence-corrected chi connectivity index (χ0v) is 8.20. The number of ether oxygens (including phenoxy) is 1. The molecule has 0 spiro atoms. The van der Waals surface area contributed by atoms with Crippen LogP contribution in [0.4, 0.5) is 0 Å². The number of methoxy groups -OCH3 is 1. The predicted molar refractivity (Wildman–Crippen MR) is 46.4 cm³/mol. The monoisotopic (exact) mass is 196 g/mol. The molecule has 0 aliphatic heterocycles. The first-order valence-electron chi connectivity index (χ1n) is 4.63. The largest absolute Gasteiger partial charge is 0.468 e. The number of esters is 1. The molecule has 2 aliphatic rings. The standard InChI is InChI=1S/C10H12O4/c1-9(5-11)6-3-4-7(12)10(6,9)8(13)14-2/h5-6H,3-4H2,1-2H3/t6-,9-,10+/m0/s1. The Kier molecular flexibility index (Phi) is 1.63. The fourth-order valence-corrected chi connectivity index (χ4v) is 3.03. The second-order valence-corrected chi connectivity index (χ2v) is 4.21. The highest BCUT2D eigenvalue weighted by molar-refractivity contribution is 6.14. The zero-order chi connectivity index (χ0) is 10.6. The predicted octanol–water partition coefficient (Wildman–Crippen LogP) is 0.344. The van der Waals surface area contributed by atoms with Gasteiger partial charge in [0, 0.05) is 6.42 Å². The number of hydrogen-bond acceptors (Lipinski definition) is 4. The molecule has 2 aliphatic carbocycles. The van der Waals surface area contributed by atoms with Crippen molar-refractivity contribution in [1.82, 2.24) is 0 Å². The molecule has 0 aromatic heterocycles. The number of carbonyl (C=O) groups is 3. The number of hydrogen-bond donors (Lipinski definition) is 0. The van der Waals surface area contributed by atoms with E-state index in [2.05, 4.69) is 4.74 Å². The van der Waals surface area contributed by atoms with Crippen molar-refractivity contribution in [2.45, 2.75) is 19.8 Å². The van der Waals surface area contributed by atoms with Crippen molar-refractivity contribution in [3.63, 3.8) is 0 Å². The van der Waals surface area contributed by atoms with Crippen molar-refractivity contribution < 1.29 is 19.1 Å². The Morgan fingerprint density at radius 3 is 2.71 bits per heavy atom. The first kappa shape index (κ1) is 9.37. The van der Waals surface area contributed by atoms with E-state index in [0.717, 1.165) is 6.29 Å². The number of Topliss-reactive ketones (excluding diaryl/α,β-unsaturated/α-hetero) is 1. The van der Waals surface area contributed by atoms with Gasteiger partial charge in [0.15, 0.2) is 5.78 Å². The first-order valence-corrected chi connectivity index (χ1v) is 4.63. The highest BCUT2D eigenvalue weighted by Crippen LogP contribution is 2.74. The maximum atomic E-state index is 11.7. The maximum absolute atomic E-state index is 11.7. The number of rotatable bonds is 2. The van der Waals surface area contributed by atoms with Gasteiger partial charge in [-0.2, -0.15) is 0 Å². The zero-order valence-electron chi connectivity index (χ0n) is 8.20. The van der Waals surface area contributed by atoms with E-state index in [9.17, 15) is 14.4 Å². The van der Waals surface area contributed by atoms with Gasteiger partial charge < -0.3 is 9.53 Å². The Morgan fingerprint density at radius 2 is 2.29 bits per heavy atom. The first-order chi connectivity index (χ1) is 6.55. The van der Waals surface area contributed by atoms with Crippen LogP contribution in [0.1, 0.15) is 19.8 Å². The quantitative estimate of drug-likeness (QED) is 0.363. The minimum atomic E-state index is -1.14. The molecule has 0 heterocycles. The van der Waals surface area contributed by atoms with Crippen LogP contribution in [0.2, 0.25) is 0 Å². The Bertz CT molecular complexity index is 335. The molecule has 0 N–H and O–H groups in total. The number of fused-ring (bicyclic) bond motifs is 1. The van der Waals surface area contributed by atoms with Crippen LogP contribution in [0.25, 0.3) is 0 Å². The SMILES string of the molecule is COC(=O)[C@]12C(=O)CC[C@H]1[C@]2(C)C=O. The summed E-state index contributed by atoms with van der Waals surface area (Å²) >= 11 is 0. The number of carbonyl (C=O) groups excluding carboxylic acids is 3. The Morgan fingerprint density at radius 1 is 1.64 bits per heavy atom. The van der Waals surface area contributed by atoms with Gasteiger partial charge in [-0.3, -0.25) is 9.59 Å². The van der Waals surface area contributed by atoms with Gasteiger partial charge in [0.1, 0.15) is 11.7 Å². The van der Waals surface area contributed by atoms with Gasteiger partial charge >= 0.3 is 5.97 Å². The van der Waals surface area contributed by atoms with Gasteiger partial charge in [0.25, 0.3) is 0 Å². The lowest BCUT2D eigenvalue weighted by atomic mass is 9.90. The van der Waals surface area contributed by atoms with Crippen molar-refractivity contribution in [1.29, 1.82) is 0 Å². The molecule has 2 fully saturated rings. The Balaban J connectivity index is 2.45. The van der Waals surface area contributed by atoms with Gasteiger partial charge in [-0.15, -0.1) is 0 Å². The van der Waals surface area contributed by atoms with Crippen LogP contribution < -0.4 is 0 Å². The van der Waals surface area contributed by atoms with Crippen molar-refractivity contribution in [2.75, 3.05) is 7.11 Å². The molecule has 3 atom stereocenters. The molecular formula is C10H12O4. The molecule has 0 aromatic rings. The van der Waals surface area contributed by atoms with Crippen LogP contribution in [0.15, 0.2) is 0 Å². The van der Waals surface area contributed by atoms with E-state index in [-0.39, 0.29) is 11.7 Å². The lowest BCUT2D eigenvalue weighted by Crippen LogP contribution is -2.31. The molecule has 2 rings (SSSR count). The van der Waals surface area contributed by atoms with Crippen LogP contribution in [-0.2, 0) is 19.1 Å². The summed E-state index contributed by atoms with van der Waals surface area (Å²) in [6.45, 7) is 1.67. The summed E-state index contributed by atoms with van der Waals surface area (Å²) in [6, 6.07) is 0. The summed E-state index contributed by atoms with van der Waals surface area (Å²) in [5, 5.41) is 0. The average Bonchev–Trinajstić information content (AvgIpc) is 2.53. The van der Waals surface area contributed by atoms with E-state index in [1.807, 2.05) is 0 Å². The summed E-state index contributed by atoms with van der Waals surface area (Å²) in [4.78, 5) is 34.1. The number of ketones is 1. The molecule has 0 bridgehead atoms. The highest BCUT2D eigenvalue weighted by atomic mass is 16.5. The molecule has 0 amide bonds. The summed E-state index contributed by atoms with van der Waals surface area (Å²) < 4.78 is 4.63. The maximum Gasteiger partial charge on any atom is 0.320 e. The molecule has 0 aromatic carbocycles. The van der Waals surface area contributed by atoms with Crippen LogP contribution >= 0.6 is 0 Å². The topological polar surface area (TPSA) is 60.4 Å². The van der Waals surface area contributed by atoms with Crippen LogP contribution in [-0.4, -0.2) is 25.1 Å². The molecule has 2 saturated carbocycles. The fraction of sp³-hybridized carbons (Fsp3) is 0.700. The summed E-state index contributed by atoms with van der Waals surface area (Å²) in [6.07, 6.45) is 1.75. The highest BCUT2D eigenvalue weighted by Gasteiger charge is 2.84. The number of aldehydes is 1. The van der Waals surface area contributed by atoms with Gasteiger partial charge in [-0.25, -0.2) is 0 Å². The lowest BCUT2D eigenvalue weighted by molar-refractivity contribution is -0.153. The van der Waals surface area contributed by atoms with Gasteiger partial charge in [0.05, 0.1) is 12.5 Å². The Labute approximate surface area is 81.6 Å². The molecule has 14 heavy (non-hydrogen) atoms. The summed E-state index contributed by atoms with van der Waals surface area (Å²) in [5.74, 6) is -0.809. The van der Waals surface area contributed by atoms with Gasteiger partial charge in [-0.05, 0) is 12.3 Å². The summed E-state index contributed by atoms with van der Waals surface area (Å²) in [7, 11) is 1.25. The van der Waals surface area contributed by atoms with E-state index in [4.69, 9.17) is 0 Å². The van der Waals surface area contributed by atoms with Crippen molar-refractivity contribution >= 4 is 18.0 Å². The third-order valence-corrected chi connectivity index (χ3v) is 3.87. The Hall–Kier alpha value is -1.19. The fourth-order valence-electron chi connectivity index (χ4n) is 3.03. The summed E-state index contributed by atoms with van der Waals surface area (Å²) in [5.41, 5.74) is -1.95. The third-order valence-electron chi connectivity index (χ3n) is 3.87. The van der Waals surface area contributed by atoms with E-state index in [1.165, 1.54) is 7.11 Å². The average molecular weight is 196 g/mol. The van der Waals surface area contributed by atoms with Crippen molar-refractivity contribution in [3.8, 4) is 0 Å². The van der Waals surface area contributed by atoms with E-state index in [0.29, 0.717) is 12.8 Å². The second kappa shape index (κ2) is 2.43. The second-order valence-electron chi connectivity index (χ2n) is 4.21. The smallest absolute Gasteiger partial charge is 0.320 e. The minimum Gasteiger partial charge on any atom is -0.468 e.